The lowest BCUT2D eigenvalue weighted by Gasteiger charge is -2.31. The van der Waals surface area contributed by atoms with Gasteiger partial charge < -0.3 is 11.1 Å². The number of piperidine rings is 1. The molecular formula is C13H20N4O3S. The number of aromatic nitrogens is 1. The lowest BCUT2D eigenvalue weighted by atomic mass is 10.1. The summed E-state index contributed by atoms with van der Waals surface area (Å²) in [7, 11) is -3.58. The molecule has 7 nitrogen and oxygen atoms in total. The van der Waals surface area contributed by atoms with E-state index in [-0.39, 0.29) is 23.4 Å². The molecule has 116 valence electrons. The summed E-state index contributed by atoms with van der Waals surface area (Å²) in [6, 6.07) is 3.16. The number of nitrogens with two attached hydrogens (primary N) is 1. The fourth-order valence-corrected chi connectivity index (χ4v) is 4.13. The summed E-state index contributed by atoms with van der Waals surface area (Å²) in [5.74, 6) is -0.0889. The number of amides is 1. The van der Waals surface area contributed by atoms with Crippen LogP contribution in [-0.2, 0) is 21.4 Å². The van der Waals surface area contributed by atoms with Gasteiger partial charge in [0.2, 0.25) is 15.9 Å². The quantitative estimate of drug-likeness (QED) is 0.803. The van der Waals surface area contributed by atoms with Gasteiger partial charge in [-0.2, -0.15) is 4.31 Å². The Hall–Kier alpha value is -1.51. The van der Waals surface area contributed by atoms with Crippen LogP contribution in [0, 0.1) is 0 Å². The molecule has 21 heavy (non-hydrogen) atoms. The first kappa shape index (κ1) is 15.9. The lowest BCUT2D eigenvalue weighted by molar-refractivity contribution is -0.119. The number of hydrogen-bond acceptors (Lipinski definition) is 5. The van der Waals surface area contributed by atoms with Gasteiger partial charge in [0.15, 0.2) is 0 Å². The van der Waals surface area contributed by atoms with Crippen LogP contribution in [0.25, 0.3) is 0 Å². The van der Waals surface area contributed by atoms with E-state index in [4.69, 9.17) is 5.73 Å². The van der Waals surface area contributed by atoms with E-state index in [9.17, 15) is 13.2 Å². The van der Waals surface area contributed by atoms with Crippen molar-refractivity contribution < 1.29 is 13.2 Å². The summed E-state index contributed by atoms with van der Waals surface area (Å²) in [6.45, 7) is 2.31. The molecule has 0 saturated carbocycles. The summed E-state index contributed by atoms with van der Waals surface area (Å²) < 4.78 is 26.7. The molecule has 0 radical (unpaired) electrons. The highest BCUT2D eigenvalue weighted by Crippen LogP contribution is 2.22. The second kappa shape index (κ2) is 6.50. The summed E-state index contributed by atoms with van der Waals surface area (Å²) in [5, 5.41) is 2.82. The van der Waals surface area contributed by atoms with Crippen LogP contribution in [0.2, 0.25) is 0 Å². The van der Waals surface area contributed by atoms with Gasteiger partial charge in [-0.15, -0.1) is 0 Å². The monoisotopic (exact) mass is 312 g/mol. The van der Waals surface area contributed by atoms with Crippen molar-refractivity contribution in [1.29, 1.82) is 0 Å². The SMILES string of the molecule is CC(=O)NC1CCN(S(=O)(=O)c2cccnc2CN)CC1. The molecule has 0 aromatic carbocycles. The Labute approximate surface area is 124 Å². The molecule has 0 spiro atoms. The molecular weight excluding hydrogens is 292 g/mol. The molecule has 3 N–H and O–H groups in total. The van der Waals surface area contributed by atoms with Crippen molar-refractivity contribution in [2.75, 3.05) is 13.1 Å². The van der Waals surface area contributed by atoms with E-state index in [2.05, 4.69) is 10.3 Å². The van der Waals surface area contributed by atoms with Crippen LogP contribution < -0.4 is 11.1 Å². The standard InChI is InChI=1S/C13H20N4O3S/c1-10(18)16-11-4-7-17(8-5-11)21(19,20)13-3-2-6-15-12(13)9-14/h2-3,6,11H,4-5,7-9,14H2,1H3,(H,16,18). The molecule has 1 saturated heterocycles. The van der Waals surface area contributed by atoms with Gasteiger partial charge in [0.25, 0.3) is 0 Å². The third kappa shape index (κ3) is 3.58. The number of sulfonamides is 1. The molecule has 0 unspecified atom stereocenters. The number of hydrogen-bond donors (Lipinski definition) is 2. The van der Waals surface area contributed by atoms with Crippen LogP contribution in [-0.4, -0.2) is 42.7 Å². The molecule has 2 heterocycles. The summed E-state index contributed by atoms with van der Waals surface area (Å²) in [5.41, 5.74) is 5.94. The van der Waals surface area contributed by atoms with Crippen LogP contribution in [0.15, 0.2) is 23.2 Å². The highest BCUT2D eigenvalue weighted by Gasteiger charge is 2.31. The Balaban J connectivity index is 2.13. The number of nitrogens with one attached hydrogen (secondary N) is 1. The minimum Gasteiger partial charge on any atom is -0.354 e. The molecule has 0 aliphatic carbocycles. The molecule has 1 fully saturated rings. The Morgan fingerprint density at radius 1 is 1.48 bits per heavy atom. The third-order valence-electron chi connectivity index (χ3n) is 3.52. The molecule has 2 rings (SSSR count). The molecule has 1 aliphatic heterocycles. The van der Waals surface area contributed by atoms with Gasteiger partial charge in [-0.25, -0.2) is 8.42 Å². The fourth-order valence-electron chi connectivity index (χ4n) is 2.48. The van der Waals surface area contributed by atoms with Crippen molar-refractivity contribution in [1.82, 2.24) is 14.6 Å². The fraction of sp³-hybridized carbons (Fsp3) is 0.538. The predicted octanol–water partition coefficient (Wildman–Crippen LogP) is -0.170. The first-order valence-electron chi connectivity index (χ1n) is 6.86. The lowest BCUT2D eigenvalue weighted by Crippen LogP contribution is -2.46. The zero-order valence-electron chi connectivity index (χ0n) is 11.9. The Bertz CT molecular complexity index is 610. The molecule has 1 aliphatic rings. The summed E-state index contributed by atoms with van der Waals surface area (Å²) in [6.07, 6.45) is 2.75. The van der Waals surface area contributed by atoms with Crippen LogP contribution in [0.3, 0.4) is 0 Å². The van der Waals surface area contributed by atoms with Crippen LogP contribution >= 0.6 is 0 Å². The molecule has 8 heteroatoms. The highest BCUT2D eigenvalue weighted by molar-refractivity contribution is 7.89. The third-order valence-corrected chi connectivity index (χ3v) is 5.49. The van der Waals surface area contributed by atoms with Crippen LogP contribution in [0.4, 0.5) is 0 Å². The van der Waals surface area contributed by atoms with Crippen molar-refractivity contribution >= 4 is 15.9 Å². The first-order chi connectivity index (χ1) is 9.95. The Morgan fingerprint density at radius 3 is 2.71 bits per heavy atom. The Morgan fingerprint density at radius 2 is 2.14 bits per heavy atom. The first-order valence-corrected chi connectivity index (χ1v) is 8.30. The summed E-state index contributed by atoms with van der Waals surface area (Å²) in [4.78, 5) is 15.2. The minimum atomic E-state index is -3.58. The van der Waals surface area contributed by atoms with Gasteiger partial charge in [0.05, 0.1) is 5.69 Å². The zero-order chi connectivity index (χ0) is 15.5. The van der Waals surface area contributed by atoms with Gasteiger partial charge in [-0.05, 0) is 25.0 Å². The van der Waals surface area contributed by atoms with Crippen molar-refractivity contribution in [2.45, 2.75) is 37.2 Å². The van der Waals surface area contributed by atoms with Gasteiger partial charge >= 0.3 is 0 Å². The maximum Gasteiger partial charge on any atom is 0.244 e. The highest BCUT2D eigenvalue weighted by atomic mass is 32.2. The average Bonchev–Trinajstić information content (AvgIpc) is 2.47. The van der Waals surface area contributed by atoms with Crippen LogP contribution in [0.5, 0.6) is 0 Å². The number of pyridine rings is 1. The van der Waals surface area contributed by atoms with Gasteiger partial charge in [-0.3, -0.25) is 9.78 Å². The van der Waals surface area contributed by atoms with E-state index in [1.54, 1.807) is 6.07 Å². The molecule has 0 atom stereocenters. The molecule has 1 amide bonds. The van der Waals surface area contributed by atoms with E-state index >= 15 is 0 Å². The maximum absolute atomic E-state index is 12.6. The number of nitrogens with zero attached hydrogens (tertiary/aromatic N) is 2. The maximum atomic E-state index is 12.6. The van der Waals surface area contributed by atoms with Crippen molar-refractivity contribution in [3.63, 3.8) is 0 Å². The van der Waals surface area contributed by atoms with Crippen molar-refractivity contribution in [3.05, 3.63) is 24.0 Å². The molecule has 1 aromatic heterocycles. The van der Waals surface area contributed by atoms with Gasteiger partial charge in [0.1, 0.15) is 4.90 Å². The largest absolute Gasteiger partial charge is 0.354 e. The van der Waals surface area contributed by atoms with E-state index in [0.29, 0.717) is 31.6 Å². The van der Waals surface area contributed by atoms with E-state index in [1.165, 1.54) is 23.5 Å². The van der Waals surface area contributed by atoms with Gasteiger partial charge in [-0.1, -0.05) is 0 Å². The molecule has 0 bridgehead atoms. The summed E-state index contributed by atoms with van der Waals surface area (Å²) >= 11 is 0. The van der Waals surface area contributed by atoms with E-state index in [1.807, 2.05) is 0 Å². The smallest absolute Gasteiger partial charge is 0.244 e. The number of carbonyl (C=O) groups excluding carboxylic acids is 1. The van der Waals surface area contributed by atoms with E-state index in [0.717, 1.165) is 0 Å². The Kier molecular flexibility index (Phi) is 4.92. The van der Waals surface area contributed by atoms with Gasteiger partial charge in [0, 0.05) is 38.8 Å². The topological polar surface area (TPSA) is 105 Å². The van der Waals surface area contributed by atoms with Crippen molar-refractivity contribution in [3.8, 4) is 0 Å². The number of rotatable bonds is 4. The van der Waals surface area contributed by atoms with Crippen molar-refractivity contribution in [2.24, 2.45) is 5.73 Å². The molecule has 1 aromatic rings. The second-order valence-electron chi connectivity index (χ2n) is 5.03. The number of carbonyl (C=O) groups is 1. The second-order valence-corrected chi connectivity index (χ2v) is 6.94. The average molecular weight is 312 g/mol. The minimum absolute atomic E-state index is 0.0387. The predicted molar refractivity (Wildman–Crippen MR) is 77.7 cm³/mol. The normalized spacial score (nSPS) is 17.6. The zero-order valence-corrected chi connectivity index (χ0v) is 12.8. The van der Waals surface area contributed by atoms with Crippen LogP contribution in [0.1, 0.15) is 25.5 Å². The van der Waals surface area contributed by atoms with E-state index < -0.39 is 10.0 Å².